The SMILES string of the molecule is CCc1ccc2nc(N3C(=O)c4oc5ccccc5c(=O)c4[C@H]3c3ccc(OC)cc3OC)sc2c1. The summed E-state index contributed by atoms with van der Waals surface area (Å²) in [6, 6.07) is 17.6. The van der Waals surface area contributed by atoms with Crippen molar-refractivity contribution in [2.24, 2.45) is 0 Å². The van der Waals surface area contributed by atoms with Crippen LogP contribution in [0.3, 0.4) is 0 Å². The summed E-state index contributed by atoms with van der Waals surface area (Å²) in [5.41, 5.74) is 3.01. The highest BCUT2D eigenvalue weighted by atomic mass is 32.1. The average molecular weight is 499 g/mol. The third-order valence-corrected chi connectivity index (χ3v) is 7.59. The van der Waals surface area contributed by atoms with Crippen LogP contribution in [-0.4, -0.2) is 25.1 Å². The summed E-state index contributed by atoms with van der Waals surface area (Å²) in [6.45, 7) is 2.09. The number of carbonyl (C=O) groups is 1. The first kappa shape index (κ1) is 22.3. The normalized spacial score (nSPS) is 15.0. The molecule has 3 heterocycles. The fourth-order valence-corrected chi connectivity index (χ4v) is 5.79. The number of aromatic nitrogens is 1. The van der Waals surface area contributed by atoms with Crippen molar-refractivity contribution >= 4 is 43.6 Å². The molecule has 0 bridgehead atoms. The van der Waals surface area contributed by atoms with Crippen molar-refractivity contribution in [2.75, 3.05) is 19.1 Å². The minimum Gasteiger partial charge on any atom is -0.497 e. The molecule has 0 fully saturated rings. The largest absolute Gasteiger partial charge is 0.497 e. The Hall–Kier alpha value is -4.17. The molecular weight excluding hydrogens is 476 g/mol. The lowest BCUT2D eigenvalue weighted by atomic mass is 9.97. The fourth-order valence-electron chi connectivity index (χ4n) is 4.74. The number of nitrogens with zero attached hydrogens (tertiary/aromatic N) is 2. The highest BCUT2D eigenvalue weighted by Crippen LogP contribution is 2.46. The van der Waals surface area contributed by atoms with E-state index in [-0.39, 0.29) is 16.8 Å². The van der Waals surface area contributed by atoms with Gasteiger partial charge in [0, 0.05) is 11.6 Å². The van der Waals surface area contributed by atoms with Crippen molar-refractivity contribution in [1.29, 1.82) is 0 Å². The van der Waals surface area contributed by atoms with Crippen molar-refractivity contribution < 1.29 is 18.7 Å². The van der Waals surface area contributed by atoms with Crippen molar-refractivity contribution in [3.05, 3.63) is 93.3 Å². The van der Waals surface area contributed by atoms with E-state index in [0.29, 0.717) is 33.2 Å². The van der Waals surface area contributed by atoms with Crippen LogP contribution in [0.4, 0.5) is 5.13 Å². The maximum Gasteiger partial charge on any atom is 0.297 e. The molecule has 0 spiro atoms. The minimum atomic E-state index is -0.777. The molecule has 2 aromatic heterocycles. The van der Waals surface area contributed by atoms with Crippen LogP contribution in [0.1, 0.15) is 40.2 Å². The zero-order chi connectivity index (χ0) is 25.0. The molecule has 8 heteroatoms. The summed E-state index contributed by atoms with van der Waals surface area (Å²) in [5.74, 6) is 0.705. The molecule has 0 N–H and O–H groups in total. The van der Waals surface area contributed by atoms with Gasteiger partial charge in [-0.3, -0.25) is 14.5 Å². The van der Waals surface area contributed by atoms with Gasteiger partial charge < -0.3 is 13.9 Å². The van der Waals surface area contributed by atoms with Crippen LogP contribution in [0.5, 0.6) is 11.5 Å². The molecule has 180 valence electrons. The lowest BCUT2D eigenvalue weighted by molar-refractivity contribution is 0.0971. The van der Waals surface area contributed by atoms with Crippen molar-refractivity contribution in [3.63, 3.8) is 0 Å². The Morgan fingerprint density at radius 3 is 2.64 bits per heavy atom. The Labute approximate surface area is 210 Å². The zero-order valence-electron chi connectivity index (χ0n) is 19.9. The lowest BCUT2D eigenvalue weighted by Gasteiger charge is -2.24. The van der Waals surface area contributed by atoms with E-state index >= 15 is 0 Å². The predicted molar refractivity (Wildman–Crippen MR) is 140 cm³/mol. The molecule has 36 heavy (non-hydrogen) atoms. The van der Waals surface area contributed by atoms with Gasteiger partial charge in [0.15, 0.2) is 10.6 Å². The molecule has 0 unspecified atom stereocenters. The number of hydrogen-bond donors (Lipinski definition) is 0. The number of aryl methyl sites for hydroxylation is 1. The summed E-state index contributed by atoms with van der Waals surface area (Å²) in [4.78, 5) is 34.0. The van der Waals surface area contributed by atoms with Crippen LogP contribution in [0.2, 0.25) is 0 Å². The quantitative estimate of drug-likeness (QED) is 0.308. The standard InChI is InChI=1S/C28H22N2O5S/c1-4-15-9-12-19-22(13-15)36-28(29-19)30-24(17-11-10-16(33-2)14-21(17)34-3)23-25(31)18-7-5-6-8-20(18)35-26(23)27(30)32/h5-14,24H,4H2,1-3H3/t24-/m1/s1. The van der Waals surface area contributed by atoms with Crippen LogP contribution in [-0.2, 0) is 6.42 Å². The summed E-state index contributed by atoms with van der Waals surface area (Å²) < 4.78 is 18.1. The van der Waals surface area contributed by atoms with Crippen LogP contribution in [0.15, 0.2) is 69.9 Å². The van der Waals surface area contributed by atoms with Crippen LogP contribution < -0.4 is 19.8 Å². The van der Waals surface area contributed by atoms with Crippen LogP contribution in [0.25, 0.3) is 21.2 Å². The van der Waals surface area contributed by atoms with E-state index < -0.39 is 11.9 Å². The van der Waals surface area contributed by atoms with E-state index in [4.69, 9.17) is 18.9 Å². The number of rotatable bonds is 5. The Bertz CT molecular complexity index is 1720. The third kappa shape index (κ3) is 3.29. The van der Waals surface area contributed by atoms with Gasteiger partial charge in [-0.05, 0) is 48.4 Å². The molecule has 3 aromatic carbocycles. The average Bonchev–Trinajstić information content (AvgIpc) is 3.46. The van der Waals surface area contributed by atoms with E-state index in [0.717, 1.165) is 16.6 Å². The molecule has 6 rings (SSSR count). The highest BCUT2D eigenvalue weighted by Gasteiger charge is 2.46. The zero-order valence-corrected chi connectivity index (χ0v) is 20.7. The molecule has 0 aliphatic carbocycles. The molecule has 0 saturated carbocycles. The number of para-hydroxylation sites is 1. The van der Waals surface area contributed by atoms with Gasteiger partial charge in [0.25, 0.3) is 5.91 Å². The smallest absolute Gasteiger partial charge is 0.297 e. The second-order valence-electron chi connectivity index (χ2n) is 8.51. The third-order valence-electron chi connectivity index (χ3n) is 6.57. The number of anilines is 1. The second-order valence-corrected chi connectivity index (χ2v) is 9.52. The Kier molecular flexibility index (Phi) is 5.26. The van der Waals surface area contributed by atoms with Gasteiger partial charge >= 0.3 is 0 Å². The molecule has 0 saturated heterocycles. The number of ether oxygens (including phenoxy) is 2. The summed E-state index contributed by atoms with van der Waals surface area (Å²) in [7, 11) is 3.12. The fraction of sp³-hybridized carbons (Fsp3) is 0.179. The number of hydrogen-bond acceptors (Lipinski definition) is 7. The van der Waals surface area contributed by atoms with Crippen LogP contribution >= 0.6 is 11.3 Å². The summed E-state index contributed by atoms with van der Waals surface area (Å²) in [6.07, 6.45) is 0.897. The molecule has 1 aliphatic heterocycles. The summed E-state index contributed by atoms with van der Waals surface area (Å²) in [5, 5.41) is 0.904. The first-order valence-electron chi connectivity index (χ1n) is 11.5. The Balaban J connectivity index is 1.64. The second kappa shape index (κ2) is 8.49. The van der Waals surface area contributed by atoms with Gasteiger partial charge in [0.2, 0.25) is 5.76 Å². The minimum absolute atomic E-state index is 0.0232. The Morgan fingerprint density at radius 1 is 1.03 bits per heavy atom. The maximum atomic E-state index is 13.9. The highest BCUT2D eigenvalue weighted by molar-refractivity contribution is 7.22. The molecule has 1 aliphatic rings. The van der Waals surface area contributed by atoms with Gasteiger partial charge in [-0.25, -0.2) is 4.98 Å². The van der Waals surface area contributed by atoms with Gasteiger partial charge in [0.1, 0.15) is 23.1 Å². The topological polar surface area (TPSA) is 81.9 Å². The molecule has 1 atom stereocenters. The van der Waals surface area contributed by atoms with Crippen molar-refractivity contribution in [2.45, 2.75) is 19.4 Å². The van der Waals surface area contributed by atoms with Gasteiger partial charge in [-0.1, -0.05) is 36.5 Å². The number of amides is 1. The van der Waals surface area contributed by atoms with Gasteiger partial charge in [-0.15, -0.1) is 0 Å². The van der Waals surface area contributed by atoms with Gasteiger partial charge in [0.05, 0.1) is 35.4 Å². The van der Waals surface area contributed by atoms with Crippen LogP contribution in [0, 0.1) is 0 Å². The van der Waals surface area contributed by atoms with Crippen molar-refractivity contribution in [1.82, 2.24) is 4.98 Å². The Morgan fingerprint density at radius 2 is 1.86 bits per heavy atom. The molecule has 1 amide bonds. The number of thiazole rings is 1. The molecule has 5 aromatic rings. The van der Waals surface area contributed by atoms with E-state index in [1.165, 1.54) is 16.9 Å². The number of carbonyl (C=O) groups excluding carboxylic acids is 1. The molecule has 0 radical (unpaired) electrons. The van der Waals surface area contributed by atoms with E-state index in [2.05, 4.69) is 13.0 Å². The van der Waals surface area contributed by atoms with Crippen molar-refractivity contribution in [3.8, 4) is 11.5 Å². The maximum absolute atomic E-state index is 13.9. The monoisotopic (exact) mass is 498 g/mol. The number of methoxy groups -OCH3 is 2. The first-order chi connectivity index (χ1) is 17.5. The number of benzene rings is 3. The first-order valence-corrected chi connectivity index (χ1v) is 12.4. The predicted octanol–water partition coefficient (Wildman–Crippen LogP) is 5.73. The van der Waals surface area contributed by atoms with Gasteiger partial charge in [-0.2, -0.15) is 0 Å². The molecule has 7 nitrogen and oxygen atoms in total. The summed E-state index contributed by atoms with van der Waals surface area (Å²) >= 11 is 1.41. The van der Waals surface area contributed by atoms with E-state index in [1.54, 1.807) is 55.5 Å². The van der Waals surface area contributed by atoms with E-state index in [1.807, 2.05) is 18.2 Å². The molecular formula is C28H22N2O5S. The van der Waals surface area contributed by atoms with E-state index in [9.17, 15) is 9.59 Å². The number of fused-ring (bicyclic) bond motifs is 3. The lowest BCUT2D eigenvalue weighted by Crippen LogP contribution is -2.29.